The zero-order valence-electron chi connectivity index (χ0n) is 16.3. The molecule has 0 spiro atoms. The number of halogens is 2. The van der Waals surface area contributed by atoms with Crippen LogP contribution in [0.4, 0.5) is 14.5 Å². The van der Waals surface area contributed by atoms with E-state index in [2.05, 4.69) is 21.8 Å². The molecule has 3 N–H and O–H groups in total. The first kappa shape index (κ1) is 19.7. The molecule has 1 aliphatic heterocycles. The Morgan fingerprint density at radius 3 is 2.73 bits per heavy atom. The fourth-order valence-electron chi connectivity index (χ4n) is 3.23. The second-order valence-corrected chi connectivity index (χ2v) is 6.92. The van der Waals surface area contributed by atoms with Gasteiger partial charge in [0.25, 0.3) is 6.08 Å². The van der Waals surface area contributed by atoms with Gasteiger partial charge in [-0.3, -0.25) is 0 Å². The van der Waals surface area contributed by atoms with Crippen molar-refractivity contribution >= 4 is 11.3 Å². The fraction of sp³-hybridized carbons (Fsp3) is 0.238. The maximum atomic E-state index is 12.9. The lowest BCUT2D eigenvalue weighted by atomic mass is 10.1. The minimum absolute atomic E-state index is 0.301. The number of ether oxygens (including phenoxy) is 1. The topological polar surface area (TPSA) is 79.0 Å². The Kier molecular flexibility index (Phi) is 5.25. The molecule has 0 unspecified atom stereocenters. The number of nitrogens with zero attached hydrogens (tertiary/aromatic N) is 3. The molecule has 30 heavy (non-hydrogen) atoms. The average molecular weight is 412 g/mol. The molecule has 3 aromatic rings. The van der Waals surface area contributed by atoms with Crippen molar-refractivity contribution in [3.8, 4) is 17.6 Å². The number of hydrogen-bond donors (Lipinski definition) is 1. The summed E-state index contributed by atoms with van der Waals surface area (Å²) < 4.78 is 33.8. The maximum Gasteiger partial charge on any atom is 0.451 e. The molecule has 0 amide bonds. The van der Waals surface area contributed by atoms with Gasteiger partial charge in [0.05, 0.1) is 18.8 Å². The highest BCUT2D eigenvalue weighted by Crippen LogP contribution is 2.31. The number of anilines is 1. The predicted octanol–water partition coefficient (Wildman–Crippen LogP) is 1.25. The molecule has 0 radical (unpaired) electrons. The SMILES string of the molecule is CN1CCOc2cc(C#Cc3ccn4c(=O)n(CC(CN)=C(F)F)[nH+]c4c3)ccc21. The zero-order valence-corrected chi connectivity index (χ0v) is 16.3. The molecule has 0 aliphatic carbocycles. The fourth-order valence-corrected chi connectivity index (χ4v) is 3.23. The lowest BCUT2D eigenvalue weighted by Gasteiger charge is -2.27. The number of nitrogens with two attached hydrogens (primary N) is 1. The van der Waals surface area contributed by atoms with E-state index < -0.39 is 11.8 Å². The van der Waals surface area contributed by atoms with Gasteiger partial charge >= 0.3 is 11.3 Å². The third-order valence-corrected chi connectivity index (χ3v) is 4.91. The number of pyridine rings is 1. The number of fused-ring (bicyclic) bond motifs is 2. The van der Waals surface area contributed by atoms with E-state index in [1.807, 2.05) is 25.2 Å². The smallest absolute Gasteiger partial charge is 0.451 e. The Bertz CT molecular complexity index is 1260. The van der Waals surface area contributed by atoms with E-state index in [-0.39, 0.29) is 18.7 Å². The number of H-pyrrole nitrogens is 1. The second-order valence-electron chi connectivity index (χ2n) is 6.92. The largest absolute Gasteiger partial charge is 0.490 e. The number of aromatic amines is 1. The summed E-state index contributed by atoms with van der Waals surface area (Å²) in [5.41, 5.74) is 7.51. The number of aromatic nitrogens is 3. The van der Waals surface area contributed by atoms with Crippen LogP contribution in [0.5, 0.6) is 5.75 Å². The monoisotopic (exact) mass is 412 g/mol. The molecule has 154 valence electrons. The van der Waals surface area contributed by atoms with Gasteiger partial charge in [0, 0.05) is 36.4 Å². The van der Waals surface area contributed by atoms with Crippen molar-refractivity contribution in [2.75, 3.05) is 31.6 Å². The van der Waals surface area contributed by atoms with Gasteiger partial charge in [-0.05, 0) is 24.3 Å². The van der Waals surface area contributed by atoms with Crippen LogP contribution < -0.4 is 26.2 Å². The van der Waals surface area contributed by atoms with E-state index in [0.717, 1.165) is 28.2 Å². The van der Waals surface area contributed by atoms with Crippen molar-refractivity contribution in [3.05, 3.63) is 69.8 Å². The van der Waals surface area contributed by atoms with E-state index in [0.29, 0.717) is 17.8 Å². The van der Waals surface area contributed by atoms with Crippen LogP contribution in [0, 0.1) is 11.8 Å². The van der Waals surface area contributed by atoms with Crippen LogP contribution in [0.15, 0.2) is 53.0 Å². The first-order valence-electron chi connectivity index (χ1n) is 9.33. The Balaban J connectivity index is 1.63. The first-order chi connectivity index (χ1) is 14.5. The number of likely N-dealkylation sites (N-methyl/N-ethyl adjacent to an activating group) is 1. The van der Waals surface area contributed by atoms with Gasteiger partial charge < -0.3 is 15.4 Å². The van der Waals surface area contributed by atoms with Crippen LogP contribution in [-0.4, -0.2) is 35.8 Å². The highest BCUT2D eigenvalue weighted by molar-refractivity contribution is 5.63. The molecule has 1 aromatic carbocycles. The normalized spacial score (nSPS) is 12.7. The van der Waals surface area contributed by atoms with E-state index in [1.165, 1.54) is 4.40 Å². The van der Waals surface area contributed by atoms with Crippen molar-refractivity contribution in [1.82, 2.24) is 9.08 Å². The minimum Gasteiger partial charge on any atom is -0.490 e. The lowest BCUT2D eigenvalue weighted by Crippen LogP contribution is -2.31. The molecule has 0 bridgehead atoms. The number of hydrogen-bond acceptors (Lipinski definition) is 4. The summed E-state index contributed by atoms with van der Waals surface area (Å²) in [4.78, 5) is 14.5. The standard InChI is InChI=1S/C21H19F2N5O2/c1-26-8-9-30-18-10-14(4-5-17(18)26)2-3-15-6-7-27-19(11-15)25-28(21(27)29)13-16(12-24)20(22)23/h4-7,10-11H,8-9,12-13,24H2,1H3/p+1. The molecule has 0 saturated carbocycles. The average Bonchev–Trinajstić information content (AvgIpc) is 3.05. The van der Waals surface area contributed by atoms with Crippen molar-refractivity contribution < 1.29 is 18.6 Å². The predicted molar refractivity (Wildman–Crippen MR) is 108 cm³/mol. The number of rotatable bonds is 3. The van der Waals surface area contributed by atoms with Gasteiger partial charge in [0.1, 0.15) is 18.6 Å². The molecule has 2 aromatic heterocycles. The van der Waals surface area contributed by atoms with Gasteiger partial charge in [-0.25, -0.2) is 4.79 Å². The molecule has 0 fully saturated rings. The molecular weight excluding hydrogens is 392 g/mol. The molecule has 3 heterocycles. The highest BCUT2D eigenvalue weighted by atomic mass is 19.3. The van der Waals surface area contributed by atoms with E-state index in [1.54, 1.807) is 18.3 Å². The third-order valence-electron chi connectivity index (χ3n) is 4.91. The van der Waals surface area contributed by atoms with Gasteiger partial charge in [0.2, 0.25) is 0 Å². The van der Waals surface area contributed by atoms with Crippen molar-refractivity contribution in [3.63, 3.8) is 0 Å². The Morgan fingerprint density at radius 1 is 1.23 bits per heavy atom. The van der Waals surface area contributed by atoms with E-state index in [9.17, 15) is 13.6 Å². The second kappa shape index (κ2) is 8.00. The van der Waals surface area contributed by atoms with Crippen LogP contribution >= 0.6 is 0 Å². The van der Waals surface area contributed by atoms with Crippen LogP contribution in [0.2, 0.25) is 0 Å². The van der Waals surface area contributed by atoms with E-state index >= 15 is 0 Å². The molecule has 0 saturated heterocycles. The van der Waals surface area contributed by atoms with Crippen LogP contribution in [0.25, 0.3) is 5.65 Å². The molecule has 7 nitrogen and oxygen atoms in total. The summed E-state index contributed by atoms with van der Waals surface area (Å²) in [5.74, 6) is 6.94. The molecule has 0 atom stereocenters. The van der Waals surface area contributed by atoms with Crippen LogP contribution in [0.3, 0.4) is 0 Å². The number of nitrogens with one attached hydrogen (secondary N) is 1. The van der Waals surface area contributed by atoms with Gasteiger partial charge in [-0.15, -0.1) is 9.08 Å². The highest BCUT2D eigenvalue weighted by Gasteiger charge is 2.17. The van der Waals surface area contributed by atoms with Gasteiger partial charge in [-0.1, -0.05) is 11.8 Å². The van der Waals surface area contributed by atoms with Gasteiger partial charge in [-0.2, -0.15) is 13.9 Å². The van der Waals surface area contributed by atoms with Crippen molar-refractivity contribution in [1.29, 1.82) is 0 Å². The van der Waals surface area contributed by atoms with Crippen molar-refractivity contribution in [2.45, 2.75) is 6.54 Å². The Labute approximate surface area is 171 Å². The Morgan fingerprint density at radius 2 is 2.00 bits per heavy atom. The summed E-state index contributed by atoms with van der Waals surface area (Å²) in [6.07, 6.45) is -0.322. The molecule has 1 aliphatic rings. The first-order valence-corrected chi connectivity index (χ1v) is 9.33. The van der Waals surface area contributed by atoms with Crippen molar-refractivity contribution in [2.24, 2.45) is 5.73 Å². The minimum atomic E-state index is -1.88. The lowest BCUT2D eigenvalue weighted by molar-refractivity contribution is -0.464. The Hall–Kier alpha value is -3.64. The summed E-state index contributed by atoms with van der Waals surface area (Å²) in [5, 5.41) is 2.82. The quantitative estimate of drug-likeness (QED) is 0.657. The molecule has 9 heteroatoms. The molecular formula is C21H20F2N5O2+. The third kappa shape index (κ3) is 3.77. The van der Waals surface area contributed by atoms with Gasteiger partial charge in [0.15, 0.2) is 0 Å². The zero-order chi connectivity index (χ0) is 21.3. The summed E-state index contributed by atoms with van der Waals surface area (Å²) >= 11 is 0. The summed E-state index contributed by atoms with van der Waals surface area (Å²) in [6.45, 7) is 0.843. The molecule has 4 rings (SSSR count). The van der Waals surface area contributed by atoms with Crippen LogP contribution in [0.1, 0.15) is 11.1 Å². The number of benzene rings is 1. The maximum absolute atomic E-state index is 12.9. The van der Waals surface area contributed by atoms with E-state index in [4.69, 9.17) is 10.5 Å². The summed E-state index contributed by atoms with van der Waals surface area (Å²) in [6, 6.07) is 9.18. The van der Waals surface area contributed by atoms with Crippen LogP contribution in [-0.2, 0) is 6.54 Å². The summed E-state index contributed by atoms with van der Waals surface area (Å²) in [7, 11) is 2.01.